The van der Waals surface area contributed by atoms with Gasteiger partial charge in [-0.3, -0.25) is 0 Å². The monoisotopic (exact) mass is 438 g/mol. The lowest BCUT2D eigenvalue weighted by Crippen LogP contribution is -2.33. The van der Waals surface area contributed by atoms with E-state index >= 15 is 0 Å². The summed E-state index contributed by atoms with van der Waals surface area (Å²) < 4.78 is 11.7. The smallest absolute Gasteiger partial charge is 0.213 e. The van der Waals surface area contributed by atoms with Gasteiger partial charge in [0.25, 0.3) is 0 Å². The van der Waals surface area contributed by atoms with E-state index in [4.69, 9.17) is 37.8 Å². The molecular weight excluding hydrogens is 419 g/mol. The van der Waals surface area contributed by atoms with Crippen molar-refractivity contribution in [3.05, 3.63) is 93.0 Å². The predicted octanol–water partition coefficient (Wildman–Crippen LogP) is 6.55. The first-order valence-electron chi connectivity index (χ1n) is 9.76. The second-order valence-electron chi connectivity index (χ2n) is 7.56. The maximum Gasteiger partial charge on any atom is 0.213 e. The van der Waals surface area contributed by atoms with Crippen molar-refractivity contribution in [1.29, 1.82) is 0 Å². The third-order valence-electron chi connectivity index (χ3n) is 5.59. The molecule has 2 aliphatic rings. The minimum atomic E-state index is -0.363. The third kappa shape index (κ3) is 3.30. The van der Waals surface area contributed by atoms with E-state index in [1.54, 1.807) is 13.2 Å². The zero-order valence-electron chi connectivity index (χ0n) is 16.6. The van der Waals surface area contributed by atoms with E-state index in [9.17, 15) is 0 Å². The first kappa shape index (κ1) is 19.3. The van der Waals surface area contributed by atoms with Crippen molar-refractivity contribution in [1.82, 2.24) is 5.01 Å². The maximum absolute atomic E-state index is 6.52. The second-order valence-corrected chi connectivity index (χ2v) is 8.41. The molecule has 152 valence electrons. The maximum atomic E-state index is 6.52. The minimum Gasteiger partial charge on any atom is -0.497 e. The number of aryl methyl sites for hydroxylation is 1. The Hall–Kier alpha value is -2.69. The van der Waals surface area contributed by atoms with E-state index < -0.39 is 0 Å². The molecule has 0 unspecified atom stereocenters. The normalized spacial score (nSPS) is 19.6. The fourth-order valence-electron chi connectivity index (χ4n) is 4.02. The van der Waals surface area contributed by atoms with Crippen LogP contribution in [-0.4, -0.2) is 17.8 Å². The molecule has 3 aromatic carbocycles. The van der Waals surface area contributed by atoms with Crippen molar-refractivity contribution >= 4 is 28.9 Å². The summed E-state index contributed by atoms with van der Waals surface area (Å²) in [7, 11) is 1.66. The Balaban J connectivity index is 1.60. The molecular formula is C24H20Cl2N2O2. The fraction of sp³-hybridized carbons (Fsp3) is 0.208. The topological polar surface area (TPSA) is 34.1 Å². The van der Waals surface area contributed by atoms with Gasteiger partial charge in [-0.25, -0.2) is 5.01 Å². The van der Waals surface area contributed by atoms with Gasteiger partial charge in [-0.2, -0.15) is 5.10 Å². The first-order chi connectivity index (χ1) is 14.5. The van der Waals surface area contributed by atoms with E-state index in [2.05, 4.69) is 31.2 Å². The second kappa shape index (κ2) is 7.53. The third-order valence-corrected chi connectivity index (χ3v) is 6.09. The van der Waals surface area contributed by atoms with Gasteiger partial charge in [0, 0.05) is 22.6 Å². The van der Waals surface area contributed by atoms with Crippen LogP contribution in [0.5, 0.6) is 11.5 Å². The Morgan fingerprint density at radius 3 is 2.47 bits per heavy atom. The number of hydrogen-bond acceptors (Lipinski definition) is 4. The SMILES string of the molecule is COc1ccc(C2=NN3[C@@H](c4ccc(C)cc4)Oc4c(Cl)cc(Cl)cc4[C@@H]3C2)cc1. The molecule has 0 bridgehead atoms. The van der Waals surface area contributed by atoms with Gasteiger partial charge in [-0.05, 0) is 48.9 Å². The lowest BCUT2D eigenvalue weighted by atomic mass is 9.95. The summed E-state index contributed by atoms with van der Waals surface area (Å²) in [6.07, 6.45) is 0.374. The van der Waals surface area contributed by atoms with Gasteiger partial charge in [0.1, 0.15) is 11.5 Å². The van der Waals surface area contributed by atoms with Crippen LogP contribution < -0.4 is 9.47 Å². The van der Waals surface area contributed by atoms with E-state index in [0.29, 0.717) is 15.8 Å². The molecule has 6 heteroatoms. The van der Waals surface area contributed by atoms with Crippen molar-refractivity contribution < 1.29 is 9.47 Å². The molecule has 2 heterocycles. The molecule has 0 saturated carbocycles. The molecule has 0 amide bonds. The summed E-state index contributed by atoms with van der Waals surface area (Å²) in [5.74, 6) is 1.50. The number of hydrazone groups is 1. The van der Waals surface area contributed by atoms with Crippen molar-refractivity contribution in [3.63, 3.8) is 0 Å². The highest BCUT2D eigenvalue weighted by atomic mass is 35.5. The summed E-state index contributed by atoms with van der Waals surface area (Å²) in [5, 5.41) is 8.11. The zero-order valence-corrected chi connectivity index (χ0v) is 18.1. The summed E-state index contributed by atoms with van der Waals surface area (Å²) in [6.45, 7) is 2.07. The number of nitrogens with zero attached hydrogens (tertiary/aromatic N) is 2. The molecule has 3 aromatic rings. The van der Waals surface area contributed by atoms with Crippen LogP contribution >= 0.6 is 23.2 Å². The number of methoxy groups -OCH3 is 1. The van der Waals surface area contributed by atoms with Crippen molar-refractivity contribution in [2.24, 2.45) is 5.10 Å². The van der Waals surface area contributed by atoms with Gasteiger partial charge in [0.05, 0.1) is 23.9 Å². The van der Waals surface area contributed by atoms with Gasteiger partial charge in [-0.15, -0.1) is 0 Å². The summed E-state index contributed by atoms with van der Waals surface area (Å²) in [5.41, 5.74) is 5.24. The molecule has 2 atom stereocenters. The summed E-state index contributed by atoms with van der Waals surface area (Å²) in [4.78, 5) is 0. The molecule has 4 nitrogen and oxygen atoms in total. The zero-order chi connectivity index (χ0) is 20.8. The lowest BCUT2D eigenvalue weighted by molar-refractivity contribution is -0.0189. The molecule has 0 spiro atoms. The number of hydrogen-bond donors (Lipinski definition) is 0. The van der Waals surface area contributed by atoms with E-state index in [-0.39, 0.29) is 12.3 Å². The molecule has 0 aliphatic carbocycles. The average Bonchev–Trinajstić information content (AvgIpc) is 3.20. The number of ether oxygens (including phenoxy) is 2. The molecule has 5 rings (SSSR count). The number of rotatable bonds is 3. The molecule has 0 fully saturated rings. The van der Waals surface area contributed by atoms with Crippen LogP contribution in [0.25, 0.3) is 0 Å². The van der Waals surface area contributed by atoms with Crippen molar-refractivity contribution in [2.75, 3.05) is 7.11 Å². The van der Waals surface area contributed by atoms with Crippen molar-refractivity contribution in [2.45, 2.75) is 25.6 Å². The van der Waals surface area contributed by atoms with Crippen LogP contribution in [0.3, 0.4) is 0 Å². The van der Waals surface area contributed by atoms with Crippen LogP contribution in [0.4, 0.5) is 0 Å². The summed E-state index contributed by atoms with van der Waals surface area (Å²) >= 11 is 12.8. The standard InChI is InChI=1S/C24H20Cl2N2O2/c1-14-3-5-16(6-4-14)24-28-22(19-11-17(25)12-20(26)23(19)30-24)13-21(27-28)15-7-9-18(29-2)10-8-15/h3-12,22,24H,13H2,1-2H3/t22-,24+/m0/s1. The van der Waals surface area contributed by atoms with Gasteiger partial charge in [0.15, 0.2) is 0 Å². The van der Waals surface area contributed by atoms with Crippen LogP contribution in [0, 0.1) is 6.92 Å². The van der Waals surface area contributed by atoms with Gasteiger partial charge >= 0.3 is 0 Å². The van der Waals surface area contributed by atoms with Crippen LogP contribution in [0.15, 0.2) is 65.8 Å². The fourth-order valence-corrected chi connectivity index (χ4v) is 4.58. The van der Waals surface area contributed by atoms with E-state index in [1.807, 2.05) is 35.3 Å². The summed E-state index contributed by atoms with van der Waals surface area (Å²) in [6, 6.07) is 19.9. The minimum absolute atomic E-state index is 0.00615. The van der Waals surface area contributed by atoms with Gasteiger partial charge < -0.3 is 9.47 Å². The Morgan fingerprint density at radius 2 is 1.77 bits per heavy atom. The Labute approximate surface area is 185 Å². The quantitative estimate of drug-likeness (QED) is 0.464. The number of fused-ring (bicyclic) bond motifs is 3. The highest BCUT2D eigenvalue weighted by molar-refractivity contribution is 6.35. The molecule has 2 aliphatic heterocycles. The Kier molecular flexibility index (Phi) is 4.84. The van der Waals surface area contributed by atoms with Crippen LogP contribution in [0.1, 0.15) is 40.9 Å². The highest BCUT2D eigenvalue weighted by Crippen LogP contribution is 2.50. The largest absolute Gasteiger partial charge is 0.497 e. The van der Waals surface area contributed by atoms with Gasteiger partial charge in [0.2, 0.25) is 6.23 Å². The lowest BCUT2D eigenvalue weighted by Gasteiger charge is -2.38. The van der Waals surface area contributed by atoms with Crippen LogP contribution in [0.2, 0.25) is 10.0 Å². The molecule has 0 saturated heterocycles. The Bertz CT molecular complexity index is 1130. The molecule has 0 N–H and O–H groups in total. The predicted molar refractivity (Wildman–Crippen MR) is 120 cm³/mol. The molecule has 0 radical (unpaired) electrons. The van der Waals surface area contributed by atoms with E-state index in [1.165, 1.54) is 5.56 Å². The Morgan fingerprint density at radius 1 is 1.03 bits per heavy atom. The number of benzene rings is 3. The van der Waals surface area contributed by atoms with Gasteiger partial charge in [-0.1, -0.05) is 53.0 Å². The molecule has 0 aromatic heterocycles. The van der Waals surface area contributed by atoms with Crippen molar-refractivity contribution in [3.8, 4) is 11.5 Å². The molecule has 30 heavy (non-hydrogen) atoms. The highest BCUT2D eigenvalue weighted by Gasteiger charge is 2.42. The average molecular weight is 439 g/mol. The first-order valence-corrected chi connectivity index (χ1v) is 10.5. The van der Waals surface area contributed by atoms with Crippen LogP contribution in [-0.2, 0) is 0 Å². The number of halogens is 2. The van der Waals surface area contributed by atoms with E-state index in [0.717, 1.165) is 34.6 Å².